The number of amides is 2. The first-order valence-corrected chi connectivity index (χ1v) is 10.2. The van der Waals surface area contributed by atoms with Crippen LogP contribution in [0, 0.1) is 6.92 Å². The summed E-state index contributed by atoms with van der Waals surface area (Å²) in [6.07, 6.45) is 0. The molecule has 0 spiro atoms. The third kappa shape index (κ3) is 4.43. The first-order chi connectivity index (χ1) is 13.5. The Labute approximate surface area is 194 Å². The molecule has 30 heavy (non-hydrogen) atoms. The number of β-lactam (4-membered cyclic amide) rings is 1. The number of ether oxygens (including phenoxy) is 1. The Kier molecular flexibility index (Phi) is 7.12. The van der Waals surface area contributed by atoms with Crippen LogP contribution >= 0.6 is 0 Å². The summed E-state index contributed by atoms with van der Waals surface area (Å²) in [5.74, 6) is -4.83. The largest absolute Gasteiger partial charge is 1.00 e. The van der Waals surface area contributed by atoms with E-state index in [0.29, 0.717) is 4.90 Å². The molecule has 1 aromatic carbocycles. The van der Waals surface area contributed by atoms with Crippen molar-refractivity contribution in [2.24, 2.45) is 0 Å². The number of carbonyl (C=O) groups excluding carboxylic acids is 4. The predicted molar refractivity (Wildman–Crippen MR) is 95.5 cm³/mol. The predicted octanol–water partition coefficient (Wildman–Crippen LogP) is -4.74. The van der Waals surface area contributed by atoms with Crippen molar-refractivity contribution in [3.63, 3.8) is 0 Å². The van der Waals surface area contributed by atoms with E-state index in [1.54, 1.807) is 12.1 Å². The Morgan fingerprint density at radius 1 is 1.23 bits per heavy atom. The van der Waals surface area contributed by atoms with Crippen LogP contribution in [0.5, 0.6) is 0 Å². The van der Waals surface area contributed by atoms with Crippen LogP contribution in [-0.4, -0.2) is 60.8 Å². The Morgan fingerprint density at radius 3 is 2.37 bits per heavy atom. The molecule has 2 aliphatic rings. The Morgan fingerprint density at radius 2 is 1.83 bits per heavy atom. The Bertz CT molecular complexity index is 1050. The second-order valence-electron chi connectivity index (χ2n) is 6.74. The number of carboxylic acids is 1. The average Bonchev–Trinajstić information content (AvgIpc) is 2.63. The number of sulfone groups is 1. The van der Waals surface area contributed by atoms with Gasteiger partial charge in [0.05, 0.1) is 17.4 Å². The van der Waals surface area contributed by atoms with Crippen LogP contribution in [0.2, 0.25) is 0 Å². The van der Waals surface area contributed by atoms with E-state index in [-0.39, 0.29) is 40.7 Å². The van der Waals surface area contributed by atoms with Crippen molar-refractivity contribution in [2.75, 3.05) is 12.4 Å². The van der Waals surface area contributed by atoms with Crippen LogP contribution in [0.3, 0.4) is 0 Å². The number of carbonyl (C=O) groups is 4. The van der Waals surface area contributed by atoms with Gasteiger partial charge in [-0.25, -0.2) is 8.42 Å². The Hall–Kier alpha value is -2.21. The summed E-state index contributed by atoms with van der Waals surface area (Å²) in [5, 5.41) is 12.3. The summed E-state index contributed by atoms with van der Waals surface area (Å²) in [6, 6.07) is 4.96. The van der Waals surface area contributed by atoms with E-state index in [0.717, 1.165) is 12.5 Å². The number of carboxylic acid groups (broad SMARTS) is 1. The van der Waals surface area contributed by atoms with Gasteiger partial charge in [-0.2, -0.15) is 0 Å². The topological polar surface area (TPSA) is 150 Å². The molecule has 154 valence electrons. The van der Waals surface area contributed by atoms with E-state index < -0.39 is 63.1 Å². The molecular formula is C18H17N2NaO8S. The second kappa shape index (κ2) is 8.88. The molecule has 0 radical (unpaired) electrons. The number of nitrogens with one attached hydrogen (secondary N) is 1. The first kappa shape index (κ1) is 24.1. The average molecular weight is 444 g/mol. The molecular weight excluding hydrogens is 427 g/mol. The molecule has 3 rings (SSSR count). The third-order valence-electron chi connectivity index (χ3n) is 4.61. The molecule has 1 saturated heterocycles. The maximum absolute atomic E-state index is 12.7. The van der Waals surface area contributed by atoms with E-state index in [1.807, 2.05) is 6.92 Å². The molecule has 0 aromatic heterocycles. The fourth-order valence-corrected chi connectivity index (χ4v) is 5.25. The Balaban J connectivity index is 0.00000320. The van der Waals surface area contributed by atoms with Crippen molar-refractivity contribution in [1.29, 1.82) is 0 Å². The van der Waals surface area contributed by atoms with Gasteiger partial charge < -0.3 is 20.0 Å². The van der Waals surface area contributed by atoms with Crippen molar-refractivity contribution >= 4 is 33.6 Å². The molecule has 0 aliphatic carbocycles. The van der Waals surface area contributed by atoms with Crippen LogP contribution in [0.4, 0.5) is 0 Å². The zero-order valence-corrected chi connectivity index (χ0v) is 19.3. The minimum atomic E-state index is -4.05. The summed E-state index contributed by atoms with van der Waals surface area (Å²) in [7, 11) is -4.05. The molecule has 0 saturated carbocycles. The first-order valence-electron chi connectivity index (χ1n) is 8.52. The maximum atomic E-state index is 12.7. The van der Waals surface area contributed by atoms with Gasteiger partial charge in [-0.15, -0.1) is 0 Å². The normalized spacial score (nSPS) is 21.7. The molecule has 2 heterocycles. The monoisotopic (exact) mass is 444 g/mol. The van der Waals surface area contributed by atoms with Gasteiger partial charge in [0.25, 0.3) is 11.8 Å². The molecule has 10 nitrogen and oxygen atoms in total. The van der Waals surface area contributed by atoms with Gasteiger partial charge in [0.15, 0.2) is 15.2 Å². The third-order valence-corrected chi connectivity index (χ3v) is 6.58. The standard InChI is InChI=1S/C18H18N2O8S.Na/c1-9-3-5-11(6-4-9)15(22)19-13-16(23)20-14(18(24)25)12(7-28-10(2)21)8-29(26,27)17(13)20;/h3-6,13,17H,7-8H2,1-2H3,(H,19,22)(H,24,25);/q;+1/p-1/t13-,17-;/m0./s1. The number of nitrogens with zero attached hydrogens (tertiary/aromatic N) is 1. The minimum absolute atomic E-state index is 0. The van der Waals surface area contributed by atoms with E-state index in [4.69, 9.17) is 4.74 Å². The molecule has 12 heteroatoms. The zero-order chi connectivity index (χ0) is 21.5. The van der Waals surface area contributed by atoms with Crippen molar-refractivity contribution in [3.05, 3.63) is 46.7 Å². The summed E-state index contributed by atoms with van der Waals surface area (Å²) in [6.45, 7) is 2.30. The summed E-state index contributed by atoms with van der Waals surface area (Å²) in [5.41, 5.74) is 0.206. The molecule has 2 amide bonds. The van der Waals surface area contributed by atoms with Crippen LogP contribution < -0.4 is 40.0 Å². The van der Waals surface area contributed by atoms with Gasteiger partial charge in [0, 0.05) is 18.1 Å². The van der Waals surface area contributed by atoms with Crippen LogP contribution in [-0.2, 0) is 29.0 Å². The van der Waals surface area contributed by atoms with Gasteiger partial charge in [-0.3, -0.25) is 19.3 Å². The van der Waals surface area contributed by atoms with Crippen molar-refractivity contribution in [2.45, 2.75) is 25.3 Å². The zero-order valence-electron chi connectivity index (χ0n) is 16.5. The number of benzene rings is 1. The maximum Gasteiger partial charge on any atom is 1.00 e. The number of esters is 1. The van der Waals surface area contributed by atoms with Gasteiger partial charge >= 0.3 is 35.5 Å². The number of fused-ring (bicyclic) bond motifs is 1. The molecule has 0 bridgehead atoms. The second-order valence-corrected chi connectivity index (χ2v) is 8.84. The van der Waals surface area contributed by atoms with Gasteiger partial charge in [0.1, 0.15) is 12.6 Å². The van der Waals surface area contributed by atoms with Crippen LogP contribution in [0.25, 0.3) is 0 Å². The van der Waals surface area contributed by atoms with E-state index in [1.165, 1.54) is 12.1 Å². The number of aliphatic carboxylic acids is 1. The van der Waals surface area contributed by atoms with E-state index in [2.05, 4.69) is 5.32 Å². The van der Waals surface area contributed by atoms with Crippen molar-refractivity contribution in [3.8, 4) is 0 Å². The number of aryl methyl sites for hydroxylation is 1. The number of rotatable bonds is 5. The summed E-state index contributed by atoms with van der Waals surface area (Å²) < 4.78 is 30.0. The number of hydrogen-bond acceptors (Lipinski definition) is 8. The molecule has 1 N–H and O–H groups in total. The van der Waals surface area contributed by atoms with Gasteiger partial charge in [-0.1, -0.05) is 17.7 Å². The summed E-state index contributed by atoms with van der Waals surface area (Å²) >= 11 is 0. The SMILES string of the molecule is CC(=O)OCC1=C(C(=O)[O-])N2C(=O)[C@H](NC(=O)c3ccc(C)cc3)[C@@H]2S(=O)(=O)C1.[Na+]. The fourth-order valence-electron chi connectivity index (χ4n) is 3.24. The molecule has 0 unspecified atom stereocenters. The fraction of sp³-hybridized carbons (Fsp3) is 0.333. The molecule has 2 atom stereocenters. The number of hydrogen-bond donors (Lipinski definition) is 1. The van der Waals surface area contributed by atoms with Crippen molar-refractivity contribution < 1.29 is 67.0 Å². The van der Waals surface area contributed by atoms with Crippen molar-refractivity contribution in [1.82, 2.24) is 10.2 Å². The van der Waals surface area contributed by atoms with Gasteiger partial charge in [-0.05, 0) is 19.1 Å². The minimum Gasteiger partial charge on any atom is -0.543 e. The van der Waals surface area contributed by atoms with Gasteiger partial charge in [0.2, 0.25) is 0 Å². The molecule has 2 aliphatic heterocycles. The van der Waals surface area contributed by atoms with E-state index in [9.17, 15) is 32.7 Å². The molecule has 1 aromatic rings. The summed E-state index contributed by atoms with van der Waals surface area (Å²) in [4.78, 5) is 48.0. The van der Waals surface area contributed by atoms with Crippen LogP contribution in [0.1, 0.15) is 22.8 Å². The smallest absolute Gasteiger partial charge is 0.543 e. The quantitative estimate of drug-likeness (QED) is 0.270. The molecule has 1 fully saturated rings. The van der Waals surface area contributed by atoms with Crippen LogP contribution in [0.15, 0.2) is 35.5 Å². The van der Waals surface area contributed by atoms with E-state index >= 15 is 0 Å².